The molecule has 110 valence electrons. The maximum Gasteiger partial charge on any atom is 0.255 e. The van der Waals surface area contributed by atoms with Crippen molar-refractivity contribution in [2.24, 2.45) is 0 Å². The maximum absolute atomic E-state index is 13.6. The summed E-state index contributed by atoms with van der Waals surface area (Å²) in [5.41, 5.74) is 0.424. The number of amides is 1. The summed E-state index contributed by atoms with van der Waals surface area (Å²) in [4.78, 5) is 12.0. The second-order valence-electron chi connectivity index (χ2n) is 4.48. The lowest BCUT2D eigenvalue weighted by Gasteiger charge is -2.10. The summed E-state index contributed by atoms with van der Waals surface area (Å²) in [6.07, 6.45) is 0. The van der Waals surface area contributed by atoms with Crippen LogP contribution in [0.15, 0.2) is 30.3 Å². The maximum atomic E-state index is 13.6. The lowest BCUT2D eigenvalue weighted by Crippen LogP contribution is -2.14. The van der Waals surface area contributed by atoms with E-state index in [1.807, 2.05) is 0 Å². The Morgan fingerprint density at radius 3 is 2.19 bits per heavy atom. The fourth-order valence-corrected chi connectivity index (χ4v) is 1.90. The number of halogens is 3. The molecule has 0 saturated carbocycles. The Kier molecular flexibility index (Phi) is 4.16. The zero-order valence-electron chi connectivity index (χ0n) is 11.4. The molecule has 0 fully saturated rings. The first-order valence-corrected chi connectivity index (χ1v) is 6.16. The number of benzene rings is 2. The average Bonchev–Trinajstić information content (AvgIpc) is 2.41. The minimum absolute atomic E-state index is 0.160. The van der Waals surface area contributed by atoms with Gasteiger partial charge in [-0.3, -0.25) is 4.79 Å². The molecule has 0 unspecified atom stereocenters. The SMILES string of the molecule is CNc1c(F)cc(C(=O)Nc2ccc(F)cc2C)cc1F. The Bertz CT molecular complexity index is 678. The van der Waals surface area contributed by atoms with E-state index in [9.17, 15) is 18.0 Å². The minimum Gasteiger partial charge on any atom is -0.383 e. The Hall–Kier alpha value is -2.50. The first-order valence-electron chi connectivity index (χ1n) is 6.16. The highest BCUT2D eigenvalue weighted by Gasteiger charge is 2.15. The molecule has 3 nitrogen and oxygen atoms in total. The third kappa shape index (κ3) is 3.16. The molecule has 0 bridgehead atoms. The predicted octanol–water partition coefficient (Wildman–Crippen LogP) is 3.71. The minimum atomic E-state index is -0.863. The van der Waals surface area contributed by atoms with E-state index in [0.29, 0.717) is 11.3 Å². The first kappa shape index (κ1) is 14.9. The lowest BCUT2D eigenvalue weighted by atomic mass is 10.1. The summed E-state index contributed by atoms with van der Waals surface area (Å²) < 4.78 is 40.2. The van der Waals surface area contributed by atoms with Crippen LogP contribution in [0.5, 0.6) is 0 Å². The van der Waals surface area contributed by atoms with Crippen LogP contribution in [0.25, 0.3) is 0 Å². The van der Waals surface area contributed by atoms with Crippen LogP contribution in [0, 0.1) is 24.4 Å². The number of aryl methyl sites for hydroxylation is 1. The van der Waals surface area contributed by atoms with E-state index in [1.165, 1.54) is 25.2 Å². The highest BCUT2D eigenvalue weighted by Crippen LogP contribution is 2.22. The Balaban J connectivity index is 2.28. The first-order chi connectivity index (χ1) is 9.92. The zero-order valence-corrected chi connectivity index (χ0v) is 11.4. The number of anilines is 2. The molecule has 2 aromatic rings. The van der Waals surface area contributed by atoms with E-state index < -0.39 is 23.4 Å². The quantitative estimate of drug-likeness (QED) is 0.906. The molecule has 1 amide bonds. The van der Waals surface area contributed by atoms with E-state index in [0.717, 1.165) is 12.1 Å². The predicted molar refractivity (Wildman–Crippen MR) is 75.0 cm³/mol. The topological polar surface area (TPSA) is 41.1 Å². The van der Waals surface area contributed by atoms with Gasteiger partial charge >= 0.3 is 0 Å². The van der Waals surface area contributed by atoms with E-state index in [2.05, 4.69) is 10.6 Å². The number of carbonyl (C=O) groups is 1. The summed E-state index contributed by atoms with van der Waals surface area (Å²) in [5, 5.41) is 4.86. The van der Waals surface area contributed by atoms with Crippen LogP contribution in [0.4, 0.5) is 24.5 Å². The molecule has 21 heavy (non-hydrogen) atoms. The highest BCUT2D eigenvalue weighted by atomic mass is 19.1. The molecule has 6 heteroatoms. The van der Waals surface area contributed by atoms with Crippen molar-refractivity contribution in [1.82, 2.24) is 0 Å². The van der Waals surface area contributed by atoms with Crippen LogP contribution >= 0.6 is 0 Å². The van der Waals surface area contributed by atoms with Crippen LogP contribution in [-0.2, 0) is 0 Å². The lowest BCUT2D eigenvalue weighted by molar-refractivity contribution is 0.102. The molecule has 0 spiro atoms. The average molecular weight is 294 g/mol. The van der Waals surface area contributed by atoms with E-state index in [4.69, 9.17) is 0 Å². The van der Waals surface area contributed by atoms with Gasteiger partial charge in [0.1, 0.15) is 23.1 Å². The van der Waals surface area contributed by atoms with Gasteiger partial charge in [0.25, 0.3) is 5.91 Å². The number of rotatable bonds is 3. The molecule has 0 radical (unpaired) electrons. The van der Waals surface area contributed by atoms with Crippen molar-refractivity contribution < 1.29 is 18.0 Å². The van der Waals surface area contributed by atoms with Crippen LogP contribution in [-0.4, -0.2) is 13.0 Å². The molecule has 2 N–H and O–H groups in total. The number of nitrogens with one attached hydrogen (secondary N) is 2. The summed E-state index contributed by atoms with van der Waals surface area (Å²) in [7, 11) is 1.38. The van der Waals surface area contributed by atoms with Gasteiger partial charge in [0.05, 0.1) is 0 Å². The molecule has 0 aliphatic carbocycles. The highest BCUT2D eigenvalue weighted by molar-refractivity contribution is 6.04. The van der Waals surface area contributed by atoms with Crippen molar-refractivity contribution in [3.8, 4) is 0 Å². The summed E-state index contributed by atoms with van der Waals surface area (Å²) >= 11 is 0. The van der Waals surface area contributed by atoms with Gasteiger partial charge < -0.3 is 10.6 Å². The Labute approximate surface area is 119 Å². The smallest absolute Gasteiger partial charge is 0.255 e. The molecule has 0 aliphatic heterocycles. The summed E-state index contributed by atoms with van der Waals surface area (Å²) in [6, 6.07) is 5.69. The van der Waals surface area contributed by atoms with Crippen molar-refractivity contribution in [3.63, 3.8) is 0 Å². The summed E-state index contributed by atoms with van der Waals surface area (Å²) in [5.74, 6) is -2.83. The molecule has 0 saturated heterocycles. The van der Waals surface area contributed by atoms with Crippen LogP contribution in [0.1, 0.15) is 15.9 Å². The van der Waals surface area contributed by atoms with Crippen molar-refractivity contribution in [1.29, 1.82) is 0 Å². The Morgan fingerprint density at radius 2 is 1.67 bits per heavy atom. The standard InChI is InChI=1S/C15H13F3N2O/c1-8-5-10(16)3-4-13(8)20-15(21)9-6-11(17)14(19-2)12(18)7-9/h3-7,19H,1-2H3,(H,20,21). The third-order valence-electron chi connectivity index (χ3n) is 2.99. The molecule has 0 heterocycles. The zero-order chi connectivity index (χ0) is 15.6. The van der Waals surface area contributed by atoms with Gasteiger partial charge in [0, 0.05) is 18.3 Å². The third-order valence-corrected chi connectivity index (χ3v) is 2.99. The molecule has 0 aromatic heterocycles. The van der Waals surface area contributed by atoms with Crippen molar-refractivity contribution in [2.75, 3.05) is 17.7 Å². The van der Waals surface area contributed by atoms with Crippen molar-refractivity contribution >= 4 is 17.3 Å². The van der Waals surface area contributed by atoms with Gasteiger partial charge in [-0.05, 0) is 42.8 Å². The fourth-order valence-electron chi connectivity index (χ4n) is 1.90. The second-order valence-corrected chi connectivity index (χ2v) is 4.48. The monoisotopic (exact) mass is 294 g/mol. The van der Waals surface area contributed by atoms with Gasteiger partial charge in [-0.25, -0.2) is 13.2 Å². The van der Waals surface area contributed by atoms with Crippen LogP contribution < -0.4 is 10.6 Å². The molecule has 0 atom stereocenters. The second kappa shape index (κ2) is 5.87. The van der Waals surface area contributed by atoms with E-state index >= 15 is 0 Å². The van der Waals surface area contributed by atoms with Gasteiger partial charge in [-0.15, -0.1) is 0 Å². The van der Waals surface area contributed by atoms with E-state index in [1.54, 1.807) is 6.92 Å². The van der Waals surface area contributed by atoms with Gasteiger partial charge in [-0.1, -0.05) is 0 Å². The molecular formula is C15H13F3N2O. The van der Waals surface area contributed by atoms with Crippen LogP contribution in [0.2, 0.25) is 0 Å². The number of hydrogen-bond acceptors (Lipinski definition) is 2. The molecule has 2 aromatic carbocycles. The number of carbonyl (C=O) groups excluding carboxylic acids is 1. The van der Waals surface area contributed by atoms with Crippen molar-refractivity contribution in [2.45, 2.75) is 6.92 Å². The van der Waals surface area contributed by atoms with Gasteiger partial charge in [0.15, 0.2) is 0 Å². The van der Waals surface area contributed by atoms with Gasteiger partial charge in [-0.2, -0.15) is 0 Å². The fraction of sp³-hybridized carbons (Fsp3) is 0.133. The molecule has 2 rings (SSSR count). The van der Waals surface area contributed by atoms with Gasteiger partial charge in [0.2, 0.25) is 0 Å². The van der Waals surface area contributed by atoms with Crippen molar-refractivity contribution in [3.05, 3.63) is 58.9 Å². The molecular weight excluding hydrogens is 281 g/mol. The number of hydrogen-bond donors (Lipinski definition) is 2. The largest absolute Gasteiger partial charge is 0.383 e. The normalized spacial score (nSPS) is 10.3. The summed E-state index contributed by atoms with van der Waals surface area (Å²) in [6.45, 7) is 1.62. The van der Waals surface area contributed by atoms with Crippen LogP contribution in [0.3, 0.4) is 0 Å². The van der Waals surface area contributed by atoms with E-state index in [-0.39, 0.29) is 11.3 Å². The molecule has 0 aliphatic rings. The Morgan fingerprint density at radius 1 is 1.05 bits per heavy atom.